The molecular formula is C8H19N3O2. The van der Waals surface area contributed by atoms with Gasteiger partial charge in [0.15, 0.2) is 0 Å². The molecule has 4 N–H and O–H groups in total. The van der Waals surface area contributed by atoms with Crippen LogP contribution >= 0.6 is 0 Å². The van der Waals surface area contributed by atoms with Gasteiger partial charge in [0.05, 0.1) is 0 Å². The molecular weight excluding hydrogens is 170 g/mol. The van der Waals surface area contributed by atoms with Gasteiger partial charge in [0.1, 0.15) is 6.23 Å². The van der Waals surface area contributed by atoms with Gasteiger partial charge >= 0.3 is 6.03 Å². The fourth-order valence-electron chi connectivity index (χ4n) is 0.831. The summed E-state index contributed by atoms with van der Waals surface area (Å²) in [7, 11) is 0. The van der Waals surface area contributed by atoms with Gasteiger partial charge in [-0.05, 0) is 13.3 Å². The van der Waals surface area contributed by atoms with Gasteiger partial charge in [-0.25, -0.2) is 15.6 Å². The molecule has 0 spiro atoms. The highest BCUT2D eigenvalue weighted by molar-refractivity contribution is 5.73. The predicted molar refractivity (Wildman–Crippen MR) is 50.6 cm³/mol. The van der Waals surface area contributed by atoms with E-state index in [9.17, 15) is 4.79 Å². The summed E-state index contributed by atoms with van der Waals surface area (Å²) in [6, 6.07) is -0.439. The number of nitrogens with two attached hydrogens (primary N) is 1. The minimum atomic E-state index is -0.953. The molecule has 0 fully saturated rings. The molecule has 5 heteroatoms. The van der Waals surface area contributed by atoms with Gasteiger partial charge in [-0.2, -0.15) is 0 Å². The number of hydrogen-bond acceptors (Lipinski definition) is 3. The third-order valence-electron chi connectivity index (χ3n) is 1.69. The van der Waals surface area contributed by atoms with Crippen LogP contribution in [-0.4, -0.2) is 28.9 Å². The van der Waals surface area contributed by atoms with Crippen molar-refractivity contribution in [2.75, 3.05) is 6.54 Å². The molecule has 0 radical (unpaired) electrons. The minimum absolute atomic E-state index is 0.439. The van der Waals surface area contributed by atoms with Crippen molar-refractivity contribution in [1.29, 1.82) is 0 Å². The summed E-state index contributed by atoms with van der Waals surface area (Å²) in [6.07, 6.45) is 2.18. The maximum Gasteiger partial charge on any atom is 0.333 e. The van der Waals surface area contributed by atoms with E-state index in [0.717, 1.165) is 24.3 Å². The summed E-state index contributed by atoms with van der Waals surface area (Å²) >= 11 is 0. The molecule has 78 valence electrons. The smallest absolute Gasteiger partial charge is 0.333 e. The lowest BCUT2D eigenvalue weighted by molar-refractivity contribution is 0.0451. The van der Waals surface area contributed by atoms with E-state index in [4.69, 9.17) is 10.9 Å². The Kier molecular flexibility index (Phi) is 6.26. The normalized spacial score (nSPS) is 12.3. The number of urea groups is 1. The number of unbranched alkanes of at least 4 members (excludes halogenated alkanes) is 2. The molecule has 0 aliphatic rings. The maximum absolute atomic E-state index is 11.1. The Labute approximate surface area is 78.9 Å². The highest BCUT2D eigenvalue weighted by Gasteiger charge is 2.12. The number of nitrogens with one attached hydrogen (secondary N) is 1. The molecule has 0 heterocycles. The number of hydrogen-bond donors (Lipinski definition) is 3. The number of rotatable bonds is 5. The van der Waals surface area contributed by atoms with E-state index in [0.29, 0.717) is 6.54 Å². The molecule has 0 aromatic carbocycles. The Morgan fingerprint density at radius 2 is 2.23 bits per heavy atom. The van der Waals surface area contributed by atoms with Crippen LogP contribution in [0.15, 0.2) is 0 Å². The van der Waals surface area contributed by atoms with Crippen LogP contribution < -0.4 is 11.2 Å². The fraction of sp³-hybridized carbons (Fsp3) is 0.875. The molecule has 0 aromatic heterocycles. The zero-order chi connectivity index (χ0) is 10.3. The number of carbonyl (C=O) groups is 1. The van der Waals surface area contributed by atoms with Crippen LogP contribution in [-0.2, 0) is 0 Å². The summed E-state index contributed by atoms with van der Waals surface area (Å²) in [5.41, 5.74) is 0. The van der Waals surface area contributed by atoms with Crippen molar-refractivity contribution in [1.82, 2.24) is 10.3 Å². The molecule has 0 aliphatic heterocycles. The van der Waals surface area contributed by atoms with E-state index in [1.54, 1.807) is 0 Å². The molecule has 0 bridgehead atoms. The third kappa shape index (κ3) is 5.43. The van der Waals surface area contributed by atoms with Gasteiger partial charge in [-0.1, -0.05) is 19.8 Å². The average Bonchev–Trinajstić information content (AvgIpc) is 2.10. The van der Waals surface area contributed by atoms with Gasteiger partial charge in [-0.3, -0.25) is 0 Å². The Morgan fingerprint density at radius 1 is 1.62 bits per heavy atom. The highest BCUT2D eigenvalue weighted by Crippen LogP contribution is 1.92. The van der Waals surface area contributed by atoms with Crippen LogP contribution in [0.3, 0.4) is 0 Å². The number of hydrazine groups is 1. The van der Waals surface area contributed by atoms with E-state index < -0.39 is 12.3 Å². The molecule has 1 atom stereocenters. The first kappa shape index (κ1) is 12.2. The fourth-order valence-corrected chi connectivity index (χ4v) is 0.831. The van der Waals surface area contributed by atoms with Crippen LogP contribution in [0.1, 0.15) is 33.1 Å². The van der Waals surface area contributed by atoms with Gasteiger partial charge in [0.25, 0.3) is 0 Å². The lowest BCUT2D eigenvalue weighted by atomic mass is 10.2. The van der Waals surface area contributed by atoms with E-state index in [1.165, 1.54) is 6.92 Å². The van der Waals surface area contributed by atoms with Crippen molar-refractivity contribution in [2.45, 2.75) is 39.3 Å². The second kappa shape index (κ2) is 6.68. The number of aliphatic hydroxyl groups is 1. The second-order valence-corrected chi connectivity index (χ2v) is 2.98. The van der Waals surface area contributed by atoms with Crippen molar-refractivity contribution in [2.24, 2.45) is 5.84 Å². The van der Waals surface area contributed by atoms with Crippen molar-refractivity contribution in [3.05, 3.63) is 0 Å². The van der Waals surface area contributed by atoms with Crippen LogP contribution in [0.5, 0.6) is 0 Å². The summed E-state index contributed by atoms with van der Waals surface area (Å²) < 4.78 is 0. The molecule has 0 aliphatic carbocycles. The number of aliphatic hydroxyl groups excluding tert-OH is 1. The van der Waals surface area contributed by atoms with Crippen molar-refractivity contribution in [3.8, 4) is 0 Å². The Hall–Kier alpha value is -0.810. The average molecular weight is 189 g/mol. The largest absolute Gasteiger partial charge is 0.372 e. The predicted octanol–water partition coefficient (Wildman–Crippen LogP) is 0.400. The number of nitrogens with zero attached hydrogens (tertiary/aromatic N) is 1. The zero-order valence-corrected chi connectivity index (χ0v) is 8.29. The Balaban J connectivity index is 3.50. The SMILES string of the molecule is CCCCCNC(=O)N(N)C(C)O. The zero-order valence-electron chi connectivity index (χ0n) is 8.29. The summed E-state index contributed by atoms with van der Waals surface area (Å²) in [5, 5.41) is 12.3. The monoisotopic (exact) mass is 189 g/mol. The first-order valence-electron chi connectivity index (χ1n) is 4.59. The van der Waals surface area contributed by atoms with Crippen LogP contribution in [0.2, 0.25) is 0 Å². The molecule has 0 rings (SSSR count). The van der Waals surface area contributed by atoms with Crippen molar-refractivity contribution >= 4 is 6.03 Å². The first-order chi connectivity index (χ1) is 6.09. The van der Waals surface area contributed by atoms with Crippen LogP contribution in [0.25, 0.3) is 0 Å². The van der Waals surface area contributed by atoms with Gasteiger partial charge < -0.3 is 10.4 Å². The molecule has 0 saturated carbocycles. The molecule has 0 saturated heterocycles. The van der Waals surface area contributed by atoms with Gasteiger partial charge in [-0.15, -0.1) is 0 Å². The minimum Gasteiger partial charge on any atom is -0.372 e. The number of carbonyl (C=O) groups excluding carboxylic acids is 1. The standard InChI is InChI=1S/C8H19N3O2/c1-3-4-5-6-10-8(13)11(9)7(2)12/h7,12H,3-6,9H2,1-2H3,(H,10,13). The topological polar surface area (TPSA) is 78.6 Å². The van der Waals surface area contributed by atoms with Crippen LogP contribution in [0.4, 0.5) is 4.79 Å². The third-order valence-corrected chi connectivity index (χ3v) is 1.69. The molecule has 2 amide bonds. The Morgan fingerprint density at radius 3 is 2.69 bits per heavy atom. The molecule has 1 unspecified atom stereocenters. The van der Waals surface area contributed by atoms with E-state index in [1.807, 2.05) is 0 Å². The highest BCUT2D eigenvalue weighted by atomic mass is 16.3. The lowest BCUT2D eigenvalue weighted by Crippen LogP contribution is -2.49. The summed E-state index contributed by atoms with van der Waals surface area (Å²) in [4.78, 5) is 11.1. The maximum atomic E-state index is 11.1. The van der Waals surface area contributed by atoms with Gasteiger partial charge in [0, 0.05) is 6.54 Å². The summed E-state index contributed by atoms with van der Waals surface area (Å²) in [5.74, 6) is 5.25. The first-order valence-corrected chi connectivity index (χ1v) is 4.59. The van der Waals surface area contributed by atoms with E-state index in [-0.39, 0.29) is 0 Å². The van der Waals surface area contributed by atoms with Gasteiger partial charge in [0.2, 0.25) is 0 Å². The molecule has 13 heavy (non-hydrogen) atoms. The quantitative estimate of drug-likeness (QED) is 0.192. The van der Waals surface area contributed by atoms with E-state index in [2.05, 4.69) is 12.2 Å². The lowest BCUT2D eigenvalue weighted by Gasteiger charge is -2.19. The van der Waals surface area contributed by atoms with Crippen molar-refractivity contribution < 1.29 is 9.90 Å². The van der Waals surface area contributed by atoms with Crippen LogP contribution in [0, 0.1) is 0 Å². The second-order valence-electron chi connectivity index (χ2n) is 2.98. The van der Waals surface area contributed by atoms with Crippen molar-refractivity contribution in [3.63, 3.8) is 0 Å². The molecule has 5 nitrogen and oxygen atoms in total. The number of amides is 2. The van der Waals surface area contributed by atoms with E-state index >= 15 is 0 Å². The Bertz CT molecular complexity index is 150. The summed E-state index contributed by atoms with van der Waals surface area (Å²) in [6.45, 7) is 4.13. The molecule has 0 aromatic rings.